The van der Waals surface area contributed by atoms with Gasteiger partial charge in [-0.3, -0.25) is 4.79 Å². The number of aryl methyl sites for hydroxylation is 2. The van der Waals surface area contributed by atoms with Crippen LogP contribution in [0.15, 0.2) is 40.9 Å². The summed E-state index contributed by atoms with van der Waals surface area (Å²) in [4.78, 5) is 24.8. The second-order valence-corrected chi connectivity index (χ2v) is 8.80. The van der Waals surface area contributed by atoms with Gasteiger partial charge in [0.1, 0.15) is 5.82 Å². The zero-order chi connectivity index (χ0) is 25.4. The molecule has 2 heterocycles. The van der Waals surface area contributed by atoms with Crippen molar-refractivity contribution >= 4 is 23.0 Å². The third kappa shape index (κ3) is 6.79. The van der Waals surface area contributed by atoms with Crippen LogP contribution in [0.1, 0.15) is 46.4 Å². The number of hydrogen-bond donors (Lipinski definition) is 3. The number of hydrogen-bond acceptors (Lipinski definition) is 5. The molecule has 1 fully saturated rings. The third-order valence-corrected chi connectivity index (χ3v) is 6.30. The van der Waals surface area contributed by atoms with Gasteiger partial charge in [-0.2, -0.15) is 0 Å². The molecular weight excluding hydrogens is 451 g/mol. The molecule has 1 aromatic heterocycles. The minimum Gasteiger partial charge on any atom is -0.465 e. The van der Waals surface area contributed by atoms with E-state index in [1.807, 2.05) is 33.2 Å². The minimum absolute atomic E-state index is 0.267. The average Bonchev–Trinajstić information content (AvgIpc) is 3.27. The van der Waals surface area contributed by atoms with Crippen molar-refractivity contribution in [3.8, 4) is 0 Å². The second-order valence-electron chi connectivity index (χ2n) is 8.80. The molecule has 1 aliphatic rings. The van der Waals surface area contributed by atoms with E-state index in [1.54, 1.807) is 0 Å². The largest absolute Gasteiger partial charge is 0.465 e. The predicted molar refractivity (Wildman–Crippen MR) is 132 cm³/mol. The third-order valence-electron chi connectivity index (χ3n) is 6.30. The Morgan fingerprint density at radius 1 is 1.14 bits per heavy atom. The number of nitrogens with zero attached hydrogens (tertiary/aromatic N) is 2. The van der Waals surface area contributed by atoms with E-state index in [0.717, 1.165) is 47.9 Å². The van der Waals surface area contributed by atoms with Crippen molar-refractivity contribution in [1.82, 2.24) is 20.7 Å². The van der Waals surface area contributed by atoms with Crippen LogP contribution in [0.3, 0.4) is 0 Å². The number of carbonyl (C=O) groups excluding carboxylic acids is 1. The fraction of sp³-hybridized carbons (Fsp3) is 0.423. The molecule has 3 aromatic rings. The van der Waals surface area contributed by atoms with Crippen LogP contribution in [0.4, 0.5) is 9.18 Å². The summed E-state index contributed by atoms with van der Waals surface area (Å²) in [6.07, 6.45) is 2.64. The zero-order valence-electron chi connectivity index (χ0n) is 20.4. The highest BCUT2D eigenvalue weighted by Crippen LogP contribution is 2.28. The smallest absolute Gasteiger partial charge is 0.407 e. The number of carbonyl (C=O) groups is 2. The Morgan fingerprint density at radius 2 is 1.80 bits per heavy atom. The lowest BCUT2D eigenvalue weighted by atomic mass is 9.91. The van der Waals surface area contributed by atoms with Gasteiger partial charge < -0.3 is 25.2 Å². The second kappa shape index (κ2) is 12.3. The Kier molecular flexibility index (Phi) is 9.19. The molecule has 35 heavy (non-hydrogen) atoms. The van der Waals surface area contributed by atoms with Crippen molar-refractivity contribution in [2.45, 2.75) is 39.2 Å². The molecule has 0 aliphatic carbocycles. The van der Waals surface area contributed by atoms with Gasteiger partial charge in [-0.15, -0.1) is 0 Å². The van der Waals surface area contributed by atoms with Crippen molar-refractivity contribution in [1.29, 1.82) is 0 Å². The van der Waals surface area contributed by atoms with Crippen LogP contribution in [0, 0.1) is 18.7 Å². The molecule has 1 saturated heterocycles. The van der Waals surface area contributed by atoms with E-state index in [9.17, 15) is 14.0 Å². The van der Waals surface area contributed by atoms with Gasteiger partial charge in [0.05, 0.1) is 5.69 Å². The Labute approximate surface area is 204 Å². The van der Waals surface area contributed by atoms with Gasteiger partial charge in [0.2, 0.25) is 0 Å². The highest BCUT2D eigenvalue weighted by molar-refractivity contribution is 5.94. The highest BCUT2D eigenvalue weighted by atomic mass is 19.1. The Hall–Kier alpha value is -3.46. The molecule has 0 saturated carbocycles. The van der Waals surface area contributed by atoms with Gasteiger partial charge in [-0.1, -0.05) is 11.2 Å². The first kappa shape index (κ1) is 26.2. The van der Waals surface area contributed by atoms with Gasteiger partial charge in [0, 0.05) is 36.1 Å². The average molecular weight is 485 g/mol. The van der Waals surface area contributed by atoms with E-state index in [-0.39, 0.29) is 11.7 Å². The lowest BCUT2D eigenvalue weighted by Crippen LogP contribution is -2.37. The van der Waals surface area contributed by atoms with E-state index in [4.69, 9.17) is 9.63 Å². The number of piperidine rings is 1. The Bertz CT molecular complexity index is 1140. The number of halogens is 1. The van der Waals surface area contributed by atoms with Gasteiger partial charge in [0.15, 0.2) is 5.58 Å². The summed E-state index contributed by atoms with van der Waals surface area (Å²) in [6, 6.07) is 9.37. The summed E-state index contributed by atoms with van der Waals surface area (Å²) < 4.78 is 18.7. The standard InChI is InChI=1S/C24H26FN3O4.C2H7N/c1-15-18(14-26-23(29)17-3-6-19(25)7-4-17)5-8-20-21(27-32-22(15)20)9-2-16-10-12-28(13-11-16)24(30)31;1-3-2/h3-8,16H,2,9-14H2,1H3,(H,26,29)(H,30,31);3H,1-2H3. The molecule has 9 heteroatoms. The van der Waals surface area contributed by atoms with E-state index in [2.05, 4.69) is 15.8 Å². The van der Waals surface area contributed by atoms with E-state index in [0.29, 0.717) is 36.7 Å². The van der Waals surface area contributed by atoms with Crippen LogP contribution >= 0.6 is 0 Å². The number of rotatable bonds is 6. The van der Waals surface area contributed by atoms with Crippen molar-refractivity contribution in [2.24, 2.45) is 5.92 Å². The van der Waals surface area contributed by atoms with Gasteiger partial charge in [-0.25, -0.2) is 9.18 Å². The molecule has 0 bridgehead atoms. The van der Waals surface area contributed by atoms with Crippen LogP contribution in [0.25, 0.3) is 11.0 Å². The summed E-state index contributed by atoms with van der Waals surface area (Å²) in [5, 5.41) is 19.9. The lowest BCUT2D eigenvalue weighted by Gasteiger charge is -2.29. The molecule has 188 valence electrons. The molecule has 0 radical (unpaired) electrons. The van der Waals surface area contributed by atoms with E-state index in [1.165, 1.54) is 29.2 Å². The van der Waals surface area contributed by atoms with Crippen LogP contribution in [-0.2, 0) is 13.0 Å². The lowest BCUT2D eigenvalue weighted by molar-refractivity contribution is 0.0950. The van der Waals surface area contributed by atoms with Gasteiger partial charge in [-0.05, 0) is 88.5 Å². The first-order valence-electron chi connectivity index (χ1n) is 11.8. The van der Waals surface area contributed by atoms with Crippen LogP contribution < -0.4 is 10.6 Å². The van der Waals surface area contributed by atoms with Crippen LogP contribution in [-0.4, -0.2) is 54.3 Å². The molecule has 2 amide bonds. The van der Waals surface area contributed by atoms with Crippen molar-refractivity contribution in [3.63, 3.8) is 0 Å². The number of benzene rings is 2. The number of aromatic nitrogens is 1. The summed E-state index contributed by atoms with van der Waals surface area (Å²) in [6.45, 7) is 3.45. The first-order chi connectivity index (χ1) is 16.8. The maximum atomic E-state index is 13.0. The number of amides is 2. The molecular formula is C26H33FN4O4. The van der Waals surface area contributed by atoms with Gasteiger partial charge in [0.25, 0.3) is 5.91 Å². The monoisotopic (exact) mass is 484 g/mol. The molecule has 1 aliphatic heterocycles. The maximum absolute atomic E-state index is 13.0. The SMILES string of the molecule is CNC.Cc1c(CNC(=O)c2ccc(F)cc2)ccc2c(CCC3CCN(C(=O)O)CC3)noc12. The summed E-state index contributed by atoms with van der Waals surface area (Å²) in [5.41, 5.74) is 3.88. The Morgan fingerprint density at radius 3 is 2.43 bits per heavy atom. The van der Waals surface area contributed by atoms with Crippen LogP contribution in [0.5, 0.6) is 0 Å². The van der Waals surface area contributed by atoms with E-state index < -0.39 is 6.09 Å². The molecule has 3 N–H and O–H groups in total. The topological polar surface area (TPSA) is 108 Å². The van der Waals surface area contributed by atoms with Crippen molar-refractivity contribution in [2.75, 3.05) is 27.2 Å². The normalized spacial score (nSPS) is 13.9. The fourth-order valence-electron chi connectivity index (χ4n) is 4.23. The molecule has 0 atom stereocenters. The highest BCUT2D eigenvalue weighted by Gasteiger charge is 2.23. The summed E-state index contributed by atoms with van der Waals surface area (Å²) >= 11 is 0. The number of fused-ring (bicyclic) bond motifs is 1. The summed E-state index contributed by atoms with van der Waals surface area (Å²) in [5.74, 6) is -0.161. The van der Waals surface area contributed by atoms with Crippen molar-refractivity contribution < 1.29 is 23.6 Å². The fourth-order valence-corrected chi connectivity index (χ4v) is 4.23. The molecule has 2 aromatic carbocycles. The molecule has 4 rings (SSSR count). The number of carboxylic acid groups (broad SMARTS) is 1. The molecule has 0 unspecified atom stereocenters. The maximum Gasteiger partial charge on any atom is 0.407 e. The Balaban J connectivity index is 0.00000108. The van der Waals surface area contributed by atoms with E-state index >= 15 is 0 Å². The first-order valence-corrected chi connectivity index (χ1v) is 11.8. The predicted octanol–water partition coefficient (Wildman–Crippen LogP) is 4.36. The minimum atomic E-state index is -0.842. The molecule has 8 nitrogen and oxygen atoms in total. The zero-order valence-corrected chi connectivity index (χ0v) is 20.4. The van der Waals surface area contributed by atoms with Crippen molar-refractivity contribution in [3.05, 3.63) is 64.6 Å². The number of likely N-dealkylation sites (tertiary alicyclic amines) is 1. The number of nitrogens with one attached hydrogen (secondary N) is 2. The quantitative estimate of drug-likeness (QED) is 0.480. The van der Waals surface area contributed by atoms with Gasteiger partial charge >= 0.3 is 6.09 Å². The van der Waals surface area contributed by atoms with Crippen LogP contribution in [0.2, 0.25) is 0 Å². The molecule has 0 spiro atoms. The summed E-state index contributed by atoms with van der Waals surface area (Å²) in [7, 11) is 3.75.